The second-order valence-electron chi connectivity index (χ2n) is 3.49. The molecule has 19 heavy (non-hydrogen) atoms. The highest BCUT2D eigenvalue weighted by atomic mass is 32.2. The maximum atomic E-state index is 10.9. The molecule has 0 spiro atoms. The van der Waals surface area contributed by atoms with Gasteiger partial charge in [0.15, 0.2) is 4.34 Å². The Morgan fingerprint density at radius 2 is 2.37 bits per heavy atom. The molecule has 0 saturated heterocycles. The van der Waals surface area contributed by atoms with E-state index < -0.39 is 10.9 Å². The van der Waals surface area contributed by atoms with Gasteiger partial charge in [-0.2, -0.15) is 0 Å². The summed E-state index contributed by atoms with van der Waals surface area (Å²) in [5.74, 6) is -0.506. The van der Waals surface area contributed by atoms with E-state index in [1.807, 2.05) is 0 Å². The number of hydrogen-bond acceptors (Lipinski definition) is 7. The Hall–Kier alpha value is -1.87. The van der Waals surface area contributed by atoms with E-state index in [-0.39, 0.29) is 10.8 Å². The molecule has 0 aliphatic rings. The highest BCUT2D eigenvalue weighted by Gasteiger charge is 2.16. The smallest absolute Gasteiger partial charge is 0.433 e. The van der Waals surface area contributed by atoms with E-state index >= 15 is 0 Å². The molecule has 0 fully saturated rings. The molecule has 0 atom stereocenters. The zero-order valence-electron chi connectivity index (χ0n) is 9.65. The van der Waals surface area contributed by atoms with Crippen LogP contribution in [-0.2, 0) is 5.75 Å². The van der Waals surface area contributed by atoms with Crippen molar-refractivity contribution in [2.45, 2.75) is 17.0 Å². The minimum atomic E-state index is -1.00. The molecule has 2 aromatic heterocycles. The fourth-order valence-electron chi connectivity index (χ4n) is 1.31. The SMILES string of the molecule is Cc1nc(SCc2ccc([N+](=O)[O-])o2)sc1C(=O)O. The summed E-state index contributed by atoms with van der Waals surface area (Å²) in [5.41, 5.74) is 0.463. The quantitative estimate of drug-likeness (QED) is 0.514. The first-order valence-corrected chi connectivity index (χ1v) is 6.84. The Kier molecular flexibility index (Phi) is 3.86. The average molecular weight is 300 g/mol. The Bertz CT molecular complexity index is 634. The van der Waals surface area contributed by atoms with Crippen LogP contribution in [0, 0.1) is 17.0 Å². The number of aryl methyl sites for hydroxylation is 1. The summed E-state index contributed by atoms with van der Waals surface area (Å²) in [6, 6.07) is 2.80. The first kappa shape index (κ1) is 13.6. The number of nitrogens with zero attached hydrogens (tertiary/aromatic N) is 2. The lowest BCUT2D eigenvalue weighted by Gasteiger charge is -1.92. The van der Waals surface area contributed by atoms with Gasteiger partial charge in [0.25, 0.3) is 0 Å². The number of rotatable bonds is 5. The summed E-state index contributed by atoms with van der Waals surface area (Å²) in [5, 5.41) is 19.3. The van der Waals surface area contributed by atoms with Crippen LogP contribution in [0.25, 0.3) is 0 Å². The third kappa shape index (κ3) is 3.12. The molecule has 100 valence electrons. The predicted molar refractivity (Wildman–Crippen MR) is 68.7 cm³/mol. The number of thiazole rings is 1. The van der Waals surface area contributed by atoms with Crippen LogP contribution in [0.15, 0.2) is 20.9 Å². The maximum Gasteiger partial charge on any atom is 0.433 e. The van der Waals surface area contributed by atoms with Gasteiger partial charge in [0.05, 0.1) is 17.5 Å². The second-order valence-corrected chi connectivity index (χ2v) is 5.71. The fourth-order valence-corrected chi connectivity index (χ4v) is 3.23. The van der Waals surface area contributed by atoms with Gasteiger partial charge in [0.1, 0.15) is 15.6 Å². The van der Waals surface area contributed by atoms with Crippen molar-refractivity contribution in [3.63, 3.8) is 0 Å². The van der Waals surface area contributed by atoms with Gasteiger partial charge >= 0.3 is 11.9 Å². The Morgan fingerprint density at radius 1 is 1.63 bits per heavy atom. The molecule has 9 heteroatoms. The summed E-state index contributed by atoms with van der Waals surface area (Å²) in [6.45, 7) is 1.63. The van der Waals surface area contributed by atoms with Crippen molar-refractivity contribution < 1.29 is 19.2 Å². The van der Waals surface area contributed by atoms with E-state index in [4.69, 9.17) is 9.52 Å². The first-order valence-electron chi connectivity index (χ1n) is 5.04. The van der Waals surface area contributed by atoms with Gasteiger partial charge in [-0.15, -0.1) is 11.3 Å². The lowest BCUT2D eigenvalue weighted by molar-refractivity contribution is -0.402. The molecule has 2 aromatic rings. The van der Waals surface area contributed by atoms with Gasteiger partial charge in [-0.3, -0.25) is 10.1 Å². The van der Waals surface area contributed by atoms with Gasteiger partial charge in [0.2, 0.25) is 0 Å². The summed E-state index contributed by atoms with van der Waals surface area (Å²) in [7, 11) is 0. The van der Waals surface area contributed by atoms with E-state index in [0.29, 0.717) is 21.5 Å². The molecule has 0 bridgehead atoms. The van der Waals surface area contributed by atoms with Crippen LogP contribution in [0.5, 0.6) is 0 Å². The van der Waals surface area contributed by atoms with Crippen LogP contribution in [0.3, 0.4) is 0 Å². The molecular weight excluding hydrogens is 292 g/mol. The van der Waals surface area contributed by atoms with Crippen LogP contribution < -0.4 is 0 Å². The number of aromatic nitrogens is 1. The highest BCUT2D eigenvalue weighted by Crippen LogP contribution is 2.30. The predicted octanol–water partition coefficient (Wildman–Crippen LogP) is 2.94. The number of carboxylic acid groups (broad SMARTS) is 1. The molecule has 2 heterocycles. The lowest BCUT2D eigenvalue weighted by Crippen LogP contribution is -1.94. The van der Waals surface area contributed by atoms with Gasteiger partial charge in [-0.05, 0) is 13.0 Å². The van der Waals surface area contributed by atoms with Crippen molar-refractivity contribution in [3.8, 4) is 0 Å². The second kappa shape index (κ2) is 5.41. The molecule has 0 aromatic carbocycles. The van der Waals surface area contributed by atoms with Crippen LogP contribution in [0.1, 0.15) is 21.1 Å². The minimum Gasteiger partial charge on any atom is -0.477 e. The molecule has 0 saturated carbocycles. The number of carbonyl (C=O) groups is 1. The number of hydrogen-bond donors (Lipinski definition) is 1. The molecule has 2 rings (SSSR count). The minimum absolute atomic E-state index is 0.202. The van der Waals surface area contributed by atoms with E-state index in [0.717, 1.165) is 11.3 Å². The normalized spacial score (nSPS) is 10.6. The van der Waals surface area contributed by atoms with Crippen molar-refractivity contribution in [1.82, 2.24) is 4.98 Å². The van der Waals surface area contributed by atoms with E-state index in [1.54, 1.807) is 6.92 Å². The summed E-state index contributed by atoms with van der Waals surface area (Å²) >= 11 is 2.36. The Labute approximate surface area is 115 Å². The van der Waals surface area contributed by atoms with E-state index in [2.05, 4.69) is 4.98 Å². The van der Waals surface area contributed by atoms with Crippen LogP contribution in [0.2, 0.25) is 0 Å². The van der Waals surface area contributed by atoms with Gasteiger partial charge < -0.3 is 9.52 Å². The Morgan fingerprint density at radius 3 is 2.89 bits per heavy atom. The highest BCUT2D eigenvalue weighted by molar-refractivity contribution is 8.00. The molecule has 7 nitrogen and oxygen atoms in total. The maximum absolute atomic E-state index is 10.9. The standard InChI is InChI=1S/C10H8N2O5S2/c1-5-8(9(13)14)19-10(11-5)18-4-6-2-3-7(17-6)12(15)16/h2-3H,4H2,1H3,(H,13,14). The number of furan rings is 1. The van der Waals surface area contributed by atoms with Crippen molar-refractivity contribution in [2.24, 2.45) is 0 Å². The third-order valence-electron chi connectivity index (χ3n) is 2.14. The van der Waals surface area contributed by atoms with Gasteiger partial charge in [-0.25, -0.2) is 9.78 Å². The number of thioether (sulfide) groups is 1. The zero-order valence-corrected chi connectivity index (χ0v) is 11.3. The fraction of sp³-hybridized carbons (Fsp3) is 0.200. The van der Waals surface area contributed by atoms with Crippen LogP contribution >= 0.6 is 23.1 Å². The number of nitro groups is 1. The molecule has 1 N–H and O–H groups in total. The molecule has 0 radical (unpaired) electrons. The summed E-state index contributed by atoms with van der Waals surface area (Å²) < 4.78 is 5.58. The van der Waals surface area contributed by atoms with Crippen molar-refractivity contribution in [3.05, 3.63) is 38.6 Å². The van der Waals surface area contributed by atoms with E-state index in [1.165, 1.54) is 23.9 Å². The molecule has 0 amide bonds. The number of aromatic carboxylic acids is 1. The van der Waals surface area contributed by atoms with Crippen LogP contribution in [-0.4, -0.2) is 21.0 Å². The Balaban J connectivity index is 2.03. The van der Waals surface area contributed by atoms with Crippen molar-refractivity contribution >= 4 is 35.0 Å². The zero-order chi connectivity index (χ0) is 14.0. The number of carboxylic acids is 1. The molecule has 0 aliphatic carbocycles. The summed E-state index contributed by atoms with van der Waals surface area (Å²) in [6.07, 6.45) is 0. The lowest BCUT2D eigenvalue weighted by atomic mass is 10.4. The van der Waals surface area contributed by atoms with E-state index in [9.17, 15) is 14.9 Å². The first-order chi connectivity index (χ1) is 8.97. The van der Waals surface area contributed by atoms with Gasteiger partial charge in [-0.1, -0.05) is 11.8 Å². The molecule has 0 aliphatic heterocycles. The molecular formula is C10H8N2O5S2. The monoisotopic (exact) mass is 300 g/mol. The van der Waals surface area contributed by atoms with Crippen molar-refractivity contribution in [1.29, 1.82) is 0 Å². The average Bonchev–Trinajstić information content (AvgIpc) is 2.92. The largest absolute Gasteiger partial charge is 0.477 e. The third-order valence-corrected chi connectivity index (χ3v) is 4.45. The van der Waals surface area contributed by atoms with Crippen LogP contribution in [0.4, 0.5) is 5.88 Å². The summed E-state index contributed by atoms with van der Waals surface area (Å²) in [4.78, 5) is 25.0. The topological polar surface area (TPSA) is 106 Å². The molecule has 0 unspecified atom stereocenters. The van der Waals surface area contributed by atoms with Gasteiger partial charge in [0, 0.05) is 0 Å². The van der Waals surface area contributed by atoms with Crippen molar-refractivity contribution in [2.75, 3.05) is 0 Å².